The molecule has 0 bridgehead atoms. The summed E-state index contributed by atoms with van der Waals surface area (Å²) in [6, 6.07) is 53.6. The van der Waals surface area contributed by atoms with Gasteiger partial charge in [0, 0.05) is 52.1 Å². The van der Waals surface area contributed by atoms with Crippen molar-refractivity contribution in [2.75, 3.05) is 9.80 Å². The molecule has 0 fully saturated rings. The number of nitrogens with zero attached hydrogens (tertiary/aromatic N) is 4. The van der Waals surface area contributed by atoms with Gasteiger partial charge in [0.25, 0.3) is 0 Å². The first-order valence-electron chi connectivity index (χ1n) is 15.4. The first-order valence-corrected chi connectivity index (χ1v) is 15.4. The number of hydrogen-bond acceptors (Lipinski definition) is 3. The van der Waals surface area contributed by atoms with Gasteiger partial charge in [-0.15, -0.1) is 0 Å². The zero-order valence-electron chi connectivity index (χ0n) is 25.9. The summed E-state index contributed by atoms with van der Waals surface area (Å²) < 4.78 is 2.06. The minimum absolute atomic E-state index is 0.0824. The Morgan fingerprint density at radius 1 is 0.467 bits per heavy atom. The maximum absolute atomic E-state index is 4.83. The predicted molar refractivity (Wildman–Crippen MR) is 189 cm³/mol. The van der Waals surface area contributed by atoms with Crippen LogP contribution >= 0.6 is 0 Å². The molecule has 220 valence electrons. The molecule has 0 saturated carbocycles. The molecule has 0 N–H and O–H groups in total. The van der Waals surface area contributed by atoms with Crippen LogP contribution in [0.4, 0.5) is 34.1 Å². The lowest BCUT2D eigenvalue weighted by atomic mass is 9.87. The fraction of sp³-hybridized carbons (Fsp3) is 0.0976. The van der Waals surface area contributed by atoms with Crippen molar-refractivity contribution in [3.05, 3.63) is 170 Å². The summed E-state index contributed by atoms with van der Waals surface area (Å²) in [6.07, 6.45) is 4.11. The van der Waals surface area contributed by atoms with Gasteiger partial charge in [-0.1, -0.05) is 87.5 Å². The SMILES string of the molecule is CC(C)(C)c1ccc(N(c2ccc(-c3cn4ccccc4n3)cc2)c2ccc(N(c3ccccc3)c3ccccc3)cc2)cc1. The summed E-state index contributed by atoms with van der Waals surface area (Å²) >= 11 is 0. The second-order valence-electron chi connectivity index (χ2n) is 12.3. The molecule has 0 aliphatic heterocycles. The van der Waals surface area contributed by atoms with Gasteiger partial charge in [-0.05, 0) is 95.9 Å². The Balaban J connectivity index is 1.28. The lowest BCUT2D eigenvalue weighted by molar-refractivity contribution is 0.590. The second kappa shape index (κ2) is 11.8. The number of para-hydroxylation sites is 2. The van der Waals surface area contributed by atoms with Crippen molar-refractivity contribution in [3.63, 3.8) is 0 Å². The van der Waals surface area contributed by atoms with Crippen molar-refractivity contribution in [3.8, 4) is 11.3 Å². The van der Waals surface area contributed by atoms with E-state index in [4.69, 9.17) is 4.98 Å². The van der Waals surface area contributed by atoms with E-state index in [1.165, 1.54) is 5.56 Å². The Hall–Kier alpha value is -5.61. The Kier molecular flexibility index (Phi) is 7.40. The van der Waals surface area contributed by atoms with E-state index in [9.17, 15) is 0 Å². The molecule has 2 heterocycles. The third-order valence-corrected chi connectivity index (χ3v) is 8.17. The molecule has 7 aromatic rings. The highest BCUT2D eigenvalue weighted by atomic mass is 15.2. The quantitative estimate of drug-likeness (QED) is 0.186. The first kappa shape index (κ1) is 28.2. The van der Waals surface area contributed by atoms with Crippen molar-refractivity contribution >= 4 is 39.8 Å². The fourth-order valence-corrected chi connectivity index (χ4v) is 5.76. The van der Waals surface area contributed by atoms with Crippen molar-refractivity contribution < 1.29 is 0 Å². The molecule has 0 spiro atoms. The molecule has 0 atom stereocenters. The van der Waals surface area contributed by atoms with Gasteiger partial charge in [-0.3, -0.25) is 0 Å². The zero-order chi connectivity index (χ0) is 30.8. The summed E-state index contributed by atoms with van der Waals surface area (Å²) in [5.74, 6) is 0. The van der Waals surface area contributed by atoms with Crippen LogP contribution in [0.5, 0.6) is 0 Å². The maximum atomic E-state index is 4.83. The molecule has 0 saturated heterocycles. The highest BCUT2D eigenvalue weighted by Crippen LogP contribution is 2.40. The molecule has 4 nitrogen and oxygen atoms in total. The van der Waals surface area contributed by atoms with Gasteiger partial charge in [0.05, 0.1) is 5.69 Å². The van der Waals surface area contributed by atoms with Crippen LogP contribution in [0.25, 0.3) is 16.9 Å². The normalized spacial score (nSPS) is 11.4. The number of pyridine rings is 1. The van der Waals surface area contributed by atoms with Crippen LogP contribution < -0.4 is 9.80 Å². The van der Waals surface area contributed by atoms with E-state index in [0.717, 1.165) is 51.0 Å². The summed E-state index contributed by atoms with van der Waals surface area (Å²) in [5.41, 5.74) is 11.0. The van der Waals surface area contributed by atoms with Gasteiger partial charge < -0.3 is 14.2 Å². The van der Waals surface area contributed by atoms with Gasteiger partial charge in [-0.25, -0.2) is 4.98 Å². The first-order chi connectivity index (χ1) is 21.9. The number of aromatic nitrogens is 2. The third kappa shape index (κ3) is 5.83. The minimum atomic E-state index is 0.0824. The van der Waals surface area contributed by atoms with Gasteiger partial charge in [-0.2, -0.15) is 0 Å². The number of rotatable bonds is 7. The molecule has 0 unspecified atom stereocenters. The number of imidazole rings is 1. The van der Waals surface area contributed by atoms with Gasteiger partial charge in [0.1, 0.15) is 5.65 Å². The van der Waals surface area contributed by atoms with Crippen LogP contribution in [0.1, 0.15) is 26.3 Å². The summed E-state index contributed by atoms with van der Waals surface area (Å²) in [4.78, 5) is 9.43. The lowest BCUT2D eigenvalue weighted by Gasteiger charge is -2.29. The number of benzene rings is 5. The topological polar surface area (TPSA) is 23.8 Å². The maximum Gasteiger partial charge on any atom is 0.137 e. The number of hydrogen-bond donors (Lipinski definition) is 0. The highest BCUT2D eigenvalue weighted by molar-refractivity contribution is 5.82. The van der Waals surface area contributed by atoms with Gasteiger partial charge in [0.2, 0.25) is 0 Å². The molecule has 0 amide bonds. The summed E-state index contributed by atoms with van der Waals surface area (Å²) in [7, 11) is 0. The smallest absolute Gasteiger partial charge is 0.137 e. The van der Waals surface area contributed by atoms with Crippen molar-refractivity contribution in [2.45, 2.75) is 26.2 Å². The number of anilines is 6. The Bertz CT molecular complexity index is 1930. The van der Waals surface area contributed by atoms with Crippen molar-refractivity contribution in [1.82, 2.24) is 9.38 Å². The van der Waals surface area contributed by atoms with E-state index in [2.05, 4.69) is 175 Å². The molecule has 0 radical (unpaired) electrons. The van der Waals surface area contributed by atoms with Crippen molar-refractivity contribution in [2.24, 2.45) is 0 Å². The van der Waals surface area contributed by atoms with Gasteiger partial charge >= 0.3 is 0 Å². The average Bonchev–Trinajstić information content (AvgIpc) is 3.52. The largest absolute Gasteiger partial charge is 0.311 e. The predicted octanol–water partition coefficient (Wildman–Crippen LogP) is 11.2. The Morgan fingerprint density at radius 2 is 0.889 bits per heavy atom. The second-order valence-corrected chi connectivity index (χ2v) is 12.3. The summed E-state index contributed by atoms with van der Waals surface area (Å²) in [6.45, 7) is 6.76. The fourth-order valence-electron chi connectivity index (χ4n) is 5.76. The van der Waals surface area contributed by atoms with Crippen LogP contribution in [0.15, 0.2) is 164 Å². The average molecular weight is 585 g/mol. The minimum Gasteiger partial charge on any atom is -0.311 e. The number of fused-ring (bicyclic) bond motifs is 1. The summed E-state index contributed by atoms with van der Waals surface area (Å²) in [5, 5.41) is 0. The molecule has 2 aromatic heterocycles. The van der Waals surface area contributed by atoms with Crippen LogP contribution in [-0.4, -0.2) is 9.38 Å². The molecular formula is C41H36N4. The molecule has 0 aliphatic carbocycles. The molecule has 4 heteroatoms. The monoisotopic (exact) mass is 584 g/mol. The van der Waals surface area contributed by atoms with Crippen LogP contribution in [-0.2, 0) is 5.41 Å². The Labute approximate surface area is 265 Å². The van der Waals surface area contributed by atoms with E-state index < -0.39 is 0 Å². The molecule has 5 aromatic carbocycles. The Morgan fingerprint density at radius 3 is 1.36 bits per heavy atom. The van der Waals surface area contributed by atoms with E-state index in [-0.39, 0.29) is 5.41 Å². The van der Waals surface area contributed by atoms with Crippen molar-refractivity contribution in [1.29, 1.82) is 0 Å². The molecule has 7 rings (SSSR count). The molecule has 45 heavy (non-hydrogen) atoms. The van der Waals surface area contributed by atoms with Crippen LogP contribution in [0.2, 0.25) is 0 Å². The molecular weight excluding hydrogens is 548 g/mol. The zero-order valence-corrected chi connectivity index (χ0v) is 25.9. The standard InChI is InChI=1S/C41H36N4/c1-41(2,3)32-19-23-36(24-20-32)45(35-21-17-31(18-22-35)39-30-43-29-11-10-16-40(43)42-39)38-27-25-37(26-28-38)44(33-12-6-4-7-13-33)34-14-8-5-9-15-34/h4-30H,1-3H3. The lowest BCUT2D eigenvalue weighted by Crippen LogP contribution is -2.13. The third-order valence-electron chi connectivity index (χ3n) is 8.17. The van der Waals surface area contributed by atoms with Crippen LogP contribution in [0, 0.1) is 0 Å². The van der Waals surface area contributed by atoms with E-state index in [0.29, 0.717) is 0 Å². The van der Waals surface area contributed by atoms with E-state index in [1.54, 1.807) is 0 Å². The highest BCUT2D eigenvalue weighted by Gasteiger charge is 2.18. The van der Waals surface area contributed by atoms with Gasteiger partial charge in [0.15, 0.2) is 0 Å². The van der Waals surface area contributed by atoms with Crippen LogP contribution in [0.3, 0.4) is 0 Å². The molecule has 0 aliphatic rings. The van der Waals surface area contributed by atoms with E-state index >= 15 is 0 Å². The van der Waals surface area contributed by atoms with E-state index in [1.807, 2.05) is 24.4 Å².